The number of fused-ring (bicyclic) bond motifs is 2. The van der Waals surface area contributed by atoms with Crippen molar-refractivity contribution in [3.05, 3.63) is 36.4 Å². The van der Waals surface area contributed by atoms with Crippen molar-refractivity contribution >= 4 is 17.5 Å². The number of hydrogen-bond acceptors (Lipinski definition) is 3. The molecule has 126 valence electrons. The third kappa shape index (κ3) is 2.48. The SMILES string of the molecule is COc1ccc(N2C[C@H](C(=O)N3[C@H]4CC=C[C@H]3CC4)CC2=O)cc1. The zero-order valence-corrected chi connectivity index (χ0v) is 13.9. The summed E-state index contributed by atoms with van der Waals surface area (Å²) in [4.78, 5) is 29.2. The van der Waals surface area contributed by atoms with Crippen LogP contribution in [0.3, 0.4) is 0 Å². The summed E-state index contributed by atoms with van der Waals surface area (Å²) in [6.45, 7) is 0.476. The highest BCUT2D eigenvalue weighted by Gasteiger charge is 2.43. The Labute approximate surface area is 141 Å². The van der Waals surface area contributed by atoms with Crippen LogP contribution in [-0.4, -0.2) is 42.5 Å². The van der Waals surface area contributed by atoms with Crippen LogP contribution in [0, 0.1) is 5.92 Å². The van der Waals surface area contributed by atoms with Crippen LogP contribution in [0.2, 0.25) is 0 Å². The van der Waals surface area contributed by atoms with Crippen LogP contribution in [-0.2, 0) is 9.59 Å². The average molecular weight is 326 g/mol. The molecule has 3 aliphatic rings. The minimum Gasteiger partial charge on any atom is -0.497 e. The van der Waals surface area contributed by atoms with Crippen LogP contribution in [0.5, 0.6) is 5.75 Å². The summed E-state index contributed by atoms with van der Waals surface area (Å²) in [6, 6.07) is 7.99. The van der Waals surface area contributed by atoms with E-state index >= 15 is 0 Å². The predicted octanol–water partition coefficient (Wildman–Crippen LogP) is 2.37. The first kappa shape index (κ1) is 15.2. The molecule has 5 nitrogen and oxygen atoms in total. The topological polar surface area (TPSA) is 49.9 Å². The maximum absolute atomic E-state index is 13.0. The first-order valence-corrected chi connectivity index (χ1v) is 8.60. The van der Waals surface area contributed by atoms with E-state index in [1.54, 1.807) is 12.0 Å². The van der Waals surface area contributed by atoms with Crippen molar-refractivity contribution in [3.63, 3.8) is 0 Å². The van der Waals surface area contributed by atoms with Gasteiger partial charge in [-0.05, 0) is 43.5 Å². The van der Waals surface area contributed by atoms with Gasteiger partial charge in [0.05, 0.1) is 19.1 Å². The van der Waals surface area contributed by atoms with Gasteiger partial charge >= 0.3 is 0 Å². The van der Waals surface area contributed by atoms with E-state index in [4.69, 9.17) is 4.74 Å². The fraction of sp³-hybridized carbons (Fsp3) is 0.474. The Balaban J connectivity index is 1.49. The number of carbonyl (C=O) groups is 2. The fourth-order valence-electron chi connectivity index (χ4n) is 4.16. The van der Waals surface area contributed by atoms with Crippen LogP contribution < -0.4 is 9.64 Å². The van der Waals surface area contributed by atoms with Gasteiger partial charge in [-0.25, -0.2) is 0 Å². The highest BCUT2D eigenvalue weighted by molar-refractivity contribution is 6.00. The summed E-state index contributed by atoms with van der Waals surface area (Å²) in [5.41, 5.74) is 0.831. The number of hydrogen-bond donors (Lipinski definition) is 0. The lowest BCUT2D eigenvalue weighted by Crippen LogP contribution is -2.45. The zero-order chi connectivity index (χ0) is 16.7. The summed E-state index contributed by atoms with van der Waals surface area (Å²) in [6.07, 6.45) is 7.73. The van der Waals surface area contributed by atoms with E-state index in [2.05, 4.69) is 12.2 Å². The van der Waals surface area contributed by atoms with Crippen molar-refractivity contribution in [3.8, 4) is 5.75 Å². The maximum Gasteiger partial charge on any atom is 0.228 e. The number of carbonyl (C=O) groups excluding carboxylic acids is 2. The Morgan fingerprint density at radius 3 is 2.71 bits per heavy atom. The van der Waals surface area contributed by atoms with Crippen LogP contribution in [0.25, 0.3) is 0 Å². The van der Waals surface area contributed by atoms with Crippen LogP contribution >= 0.6 is 0 Å². The lowest BCUT2D eigenvalue weighted by molar-refractivity contribution is -0.138. The lowest BCUT2D eigenvalue weighted by atomic mass is 10.0. The van der Waals surface area contributed by atoms with Crippen molar-refractivity contribution in [1.82, 2.24) is 4.90 Å². The molecule has 0 unspecified atom stereocenters. The van der Waals surface area contributed by atoms with Crippen molar-refractivity contribution in [2.75, 3.05) is 18.6 Å². The Bertz CT molecular complexity index is 682. The number of methoxy groups -OCH3 is 1. The van der Waals surface area contributed by atoms with Crippen molar-refractivity contribution < 1.29 is 14.3 Å². The summed E-state index contributed by atoms with van der Waals surface area (Å²) < 4.78 is 5.16. The Kier molecular flexibility index (Phi) is 3.79. The number of ether oxygens (including phenoxy) is 1. The summed E-state index contributed by atoms with van der Waals surface area (Å²) in [7, 11) is 1.62. The lowest BCUT2D eigenvalue weighted by Gasteiger charge is -2.33. The molecule has 5 heteroatoms. The Morgan fingerprint density at radius 1 is 1.21 bits per heavy atom. The monoisotopic (exact) mass is 326 g/mol. The maximum atomic E-state index is 13.0. The molecule has 3 atom stereocenters. The third-order valence-corrected chi connectivity index (χ3v) is 5.43. The summed E-state index contributed by atoms with van der Waals surface area (Å²) in [5, 5.41) is 0. The molecule has 0 aromatic heterocycles. The summed E-state index contributed by atoms with van der Waals surface area (Å²) in [5.74, 6) is 0.707. The molecule has 0 saturated carbocycles. The van der Waals surface area contributed by atoms with Crippen molar-refractivity contribution in [2.45, 2.75) is 37.8 Å². The van der Waals surface area contributed by atoms with Crippen LogP contribution in [0.4, 0.5) is 5.69 Å². The minimum absolute atomic E-state index is 0.0263. The summed E-state index contributed by atoms with van der Waals surface area (Å²) >= 11 is 0. The van der Waals surface area contributed by atoms with E-state index in [0.29, 0.717) is 19.0 Å². The first-order chi connectivity index (χ1) is 11.7. The standard InChI is InChI=1S/C19H22N2O3/c1-24-17-9-7-14(8-10-17)20-12-13(11-18(20)22)19(23)21-15-3-2-4-16(21)6-5-15/h2-3,7-10,13,15-16H,4-6,11-12H2,1H3/t13-,15+,16+/m1/s1. The number of rotatable bonds is 3. The molecule has 24 heavy (non-hydrogen) atoms. The molecule has 0 aliphatic carbocycles. The molecular weight excluding hydrogens is 304 g/mol. The second kappa shape index (κ2) is 5.96. The quantitative estimate of drug-likeness (QED) is 0.801. The van der Waals surface area contributed by atoms with Gasteiger partial charge < -0.3 is 14.5 Å². The fourth-order valence-corrected chi connectivity index (χ4v) is 4.16. The zero-order valence-electron chi connectivity index (χ0n) is 13.9. The van der Waals surface area contributed by atoms with Gasteiger partial charge in [-0.15, -0.1) is 0 Å². The molecule has 2 saturated heterocycles. The van der Waals surface area contributed by atoms with Crippen molar-refractivity contribution in [2.24, 2.45) is 5.92 Å². The highest BCUT2D eigenvalue weighted by Crippen LogP contribution is 2.35. The number of nitrogens with zero attached hydrogens (tertiary/aromatic N) is 2. The molecule has 1 aromatic rings. The Morgan fingerprint density at radius 2 is 2.00 bits per heavy atom. The third-order valence-electron chi connectivity index (χ3n) is 5.43. The van der Waals surface area contributed by atoms with E-state index < -0.39 is 0 Å². The molecule has 0 radical (unpaired) electrons. The minimum atomic E-state index is -0.228. The van der Waals surface area contributed by atoms with E-state index in [9.17, 15) is 9.59 Å². The largest absolute Gasteiger partial charge is 0.497 e. The molecule has 4 rings (SSSR count). The average Bonchev–Trinajstić information content (AvgIpc) is 3.11. The van der Waals surface area contributed by atoms with Gasteiger partial charge in [-0.1, -0.05) is 12.2 Å². The van der Waals surface area contributed by atoms with Gasteiger partial charge in [-0.2, -0.15) is 0 Å². The molecule has 0 spiro atoms. The van der Waals surface area contributed by atoms with Gasteiger partial charge in [0.1, 0.15) is 5.75 Å². The number of anilines is 1. The molecule has 1 aromatic carbocycles. The molecule has 2 amide bonds. The molecule has 3 heterocycles. The normalized spacial score (nSPS) is 28.5. The van der Waals surface area contributed by atoms with E-state index in [0.717, 1.165) is 30.7 Å². The predicted molar refractivity (Wildman–Crippen MR) is 90.9 cm³/mol. The molecule has 2 bridgehead atoms. The second-order valence-electron chi connectivity index (χ2n) is 6.81. The molecular formula is C19H22N2O3. The van der Waals surface area contributed by atoms with Gasteiger partial charge in [0, 0.05) is 24.7 Å². The Hall–Kier alpha value is -2.30. The number of benzene rings is 1. The van der Waals surface area contributed by atoms with Gasteiger partial charge in [0.15, 0.2) is 0 Å². The van der Waals surface area contributed by atoms with Gasteiger partial charge in [-0.3, -0.25) is 9.59 Å². The van der Waals surface area contributed by atoms with Crippen LogP contribution in [0.15, 0.2) is 36.4 Å². The van der Waals surface area contributed by atoms with Gasteiger partial charge in [0.25, 0.3) is 0 Å². The van der Waals surface area contributed by atoms with Gasteiger partial charge in [0.2, 0.25) is 11.8 Å². The molecule has 3 aliphatic heterocycles. The molecule has 0 N–H and O–H groups in total. The second-order valence-corrected chi connectivity index (χ2v) is 6.81. The van der Waals surface area contributed by atoms with E-state index in [1.165, 1.54) is 0 Å². The van der Waals surface area contributed by atoms with Crippen LogP contribution in [0.1, 0.15) is 25.7 Å². The highest BCUT2D eigenvalue weighted by atomic mass is 16.5. The van der Waals surface area contributed by atoms with Crippen molar-refractivity contribution in [1.29, 1.82) is 0 Å². The smallest absolute Gasteiger partial charge is 0.228 e. The van der Waals surface area contributed by atoms with E-state index in [-0.39, 0.29) is 23.8 Å². The first-order valence-electron chi connectivity index (χ1n) is 8.60. The molecule has 2 fully saturated rings. The number of amides is 2. The van der Waals surface area contributed by atoms with E-state index in [1.807, 2.05) is 29.2 Å².